The Hall–Kier alpha value is -3.28. The quantitative estimate of drug-likeness (QED) is 0.376. The highest BCUT2D eigenvalue weighted by Crippen LogP contribution is 2.28. The lowest BCUT2D eigenvalue weighted by molar-refractivity contribution is -0.136. The Morgan fingerprint density at radius 3 is 2.50 bits per heavy atom. The third-order valence-electron chi connectivity index (χ3n) is 5.40. The number of amides is 1. The number of ketones is 1. The number of hydrogen-bond acceptors (Lipinski definition) is 3. The van der Waals surface area contributed by atoms with E-state index in [4.69, 9.17) is 0 Å². The summed E-state index contributed by atoms with van der Waals surface area (Å²) in [6, 6.07) is 8.64. The minimum atomic E-state index is -1.07. The molecule has 2 rings (SSSR count). The highest BCUT2D eigenvalue weighted by Gasteiger charge is 2.21. The van der Waals surface area contributed by atoms with Crippen molar-refractivity contribution in [2.75, 3.05) is 13.6 Å². The van der Waals surface area contributed by atoms with E-state index in [9.17, 15) is 23.9 Å². The number of carboxylic acid groups (broad SMARTS) is 1. The molecule has 1 N–H and O–H groups in total. The van der Waals surface area contributed by atoms with Crippen molar-refractivity contribution >= 4 is 17.7 Å². The van der Waals surface area contributed by atoms with Gasteiger partial charge in [-0.15, -0.1) is 0 Å². The molecule has 0 spiro atoms. The first-order valence-electron chi connectivity index (χ1n) is 10.7. The van der Waals surface area contributed by atoms with Crippen LogP contribution in [0.4, 0.5) is 4.39 Å². The first-order chi connectivity index (χ1) is 15.2. The number of rotatable bonds is 11. The summed E-state index contributed by atoms with van der Waals surface area (Å²) in [6.45, 7) is 8.24. The number of halogens is 1. The standard InChI is InChI=1S/C26H30FNO4/c1-5-7-8-17(3)16-28(4)26(32)22-11-9-18(13-19(22)14-25(30)31)21-12-10-20(27)15-23(21)24(29)6-2/h6,9-13,15,17H,2,5,7-8,14,16H2,1,3-4H3,(H,30,31). The van der Waals surface area contributed by atoms with Gasteiger partial charge in [-0.1, -0.05) is 45.4 Å². The second kappa shape index (κ2) is 11.4. The molecule has 2 aromatic rings. The molecule has 1 amide bonds. The molecule has 0 heterocycles. The average molecular weight is 440 g/mol. The normalized spacial score (nSPS) is 11.6. The van der Waals surface area contributed by atoms with Crippen LogP contribution >= 0.6 is 0 Å². The van der Waals surface area contributed by atoms with E-state index in [1.54, 1.807) is 30.1 Å². The number of nitrogens with zero attached hydrogens (tertiary/aromatic N) is 1. The van der Waals surface area contributed by atoms with Gasteiger partial charge in [0.15, 0.2) is 5.78 Å². The van der Waals surface area contributed by atoms with Gasteiger partial charge in [-0.3, -0.25) is 14.4 Å². The minimum Gasteiger partial charge on any atom is -0.481 e. The van der Waals surface area contributed by atoms with E-state index in [1.165, 1.54) is 12.1 Å². The van der Waals surface area contributed by atoms with Crippen molar-refractivity contribution in [2.45, 2.75) is 39.5 Å². The van der Waals surface area contributed by atoms with Crippen molar-refractivity contribution in [2.24, 2.45) is 5.92 Å². The first kappa shape index (κ1) is 25.0. The molecule has 0 saturated carbocycles. The molecule has 0 fully saturated rings. The Morgan fingerprint density at radius 1 is 1.16 bits per heavy atom. The largest absolute Gasteiger partial charge is 0.481 e. The van der Waals surface area contributed by atoms with E-state index >= 15 is 0 Å². The van der Waals surface area contributed by atoms with Crippen LogP contribution in [0.25, 0.3) is 11.1 Å². The number of aliphatic carboxylic acids is 1. The predicted octanol–water partition coefficient (Wildman–Crippen LogP) is 5.39. The fraction of sp³-hybridized carbons (Fsp3) is 0.346. The van der Waals surface area contributed by atoms with Gasteiger partial charge in [-0.25, -0.2) is 4.39 Å². The first-order valence-corrected chi connectivity index (χ1v) is 10.7. The minimum absolute atomic E-state index is 0.127. The Kier molecular flexibility index (Phi) is 8.88. The van der Waals surface area contributed by atoms with Gasteiger partial charge in [-0.05, 0) is 59.4 Å². The number of carboxylic acids is 1. The molecule has 5 nitrogen and oxygen atoms in total. The number of benzene rings is 2. The number of hydrogen-bond donors (Lipinski definition) is 1. The van der Waals surface area contributed by atoms with Crippen LogP contribution in [-0.4, -0.2) is 41.3 Å². The molecule has 0 aliphatic rings. The topological polar surface area (TPSA) is 74.7 Å². The van der Waals surface area contributed by atoms with Crippen LogP contribution in [0.2, 0.25) is 0 Å². The van der Waals surface area contributed by atoms with E-state index in [-0.39, 0.29) is 17.9 Å². The van der Waals surface area contributed by atoms with Crippen LogP contribution < -0.4 is 0 Å². The fourth-order valence-electron chi connectivity index (χ4n) is 3.76. The molecule has 0 aliphatic heterocycles. The van der Waals surface area contributed by atoms with Crippen molar-refractivity contribution in [3.05, 3.63) is 71.6 Å². The van der Waals surface area contributed by atoms with Crippen molar-refractivity contribution in [1.82, 2.24) is 4.90 Å². The Balaban J connectivity index is 2.45. The third-order valence-corrected chi connectivity index (χ3v) is 5.40. The third kappa shape index (κ3) is 6.36. The maximum absolute atomic E-state index is 13.7. The van der Waals surface area contributed by atoms with Gasteiger partial charge < -0.3 is 10.0 Å². The van der Waals surface area contributed by atoms with Gasteiger partial charge in [0, 0.05) is 24.7 Å². The van der Waals surface area contributed by atoms with Gasteiger partial charge in [0.2, 0.25) is 0 Å². The molecule has 0 aromatic heterocycles. The summed E-state index contributed by atoms with van der Waals surface area (Å²) in [6.07, 6.45) is 3.94. The van der Waals surface area contributed by atoms with Gasteiger partial charge in [0.1, 0.15) is 5.82 Å². The van der Waals surface area contributed by atoms with Gasteiger partial charge in [0.25, 0.3) is 5.91 Å². The Labute approximate surface area is 188 Å². The van der Waals surface area contributed by atoms with E-state index in [0.717, 1.165) is 31.4 Å². The van der Waals surface area contributed by atoms with Crippen molar-refractivity contribution < 1.29 is 23.9 Å². The zero-order valence-corrected chi connectivity index (χ0v) is 18.9. The molecule has 0 radical (unpaired) electrons. The lowest BCUT2D eigenvalue weighted by Crippen LogP contribution is -2.32. The number of carbonyl (C=O) groups excluding carboxylic acids is 2. The van der Waals surface area contributed by atoms with Gasteiger partial charge in [-0.2, -0.15) is 0 Å². The number of unbranched alkanes of at least 4 members (excludes halogenated alkanes) is 1. The maximum atomic E-state index is 13.7. The molecule has 0 saturated heterocycles. The zero-order chi connectivity index (χ0) is 23.8. The SMILES string of the molecule is C=CC(=O)c1cc(F)ccc1-c1ccc(C(=O)N(C)CC(C)CCCC)c(CC(=O)O)c1. The molecule has 170 valence electrons. The summed E-state index contributed by atoms with van der Waals surface area (Å²) in [5.41, 5.74) is 1.75. The molecule has 1 unspecified atom stereocenters. The highest BCUT2D eigenvalue weighted by molar-refractivity contribution is 6.09. The summed E-state index contributed by atoms with van der Waals surface area (Å²) in [4.78, 5) is 38.4. The lowest BCUT2D eigenvalue weighted by atomic mass is 9.92. The van der Waals surface area contributed by atoms with Crippen LogP contribution in [-0.2, 0) is 11.2 Å². The van der Waals surface area contributed by atoms with Gasteiger partial charge >= 0.3 is 5.97 Å². The summed E-state index contributed by atoms with van der Waals surface area (Å²) in [5.74, 6) is -2.00. The average Bonchev–Trinajstić information content (AvgIpc) is 2.76. The highest BCUT2D eigenvalue weighted by atomic mass is 19.1. The molecule has 0 aliphatic carbocycles. The van der Waals surface area contributed by atoms with Crippen molar-refractivity contribution in [3.63, 3.8) is 0 Å². The molecule has 32 heavy (non-hydrogen) atoms. The summed E-state index contributed by atoms with van der Waals surface area (Å²) >= 11 is 0. The Morgan fingerprint density at radius 2 is 1.88 bits per heavy atom. The fourth-order valence-corrected chi connectivity index (χ4v) is 3.76. The molecular weight excluding hydrogens is 409 g/mol. The lowest BCUT2D eigenvalue weighted by Gasteiger charge is -2.23. The monoisotopic (exact) mass is 439 g/mol. The maximum Gasteiger partial charge on any atom is 0.307 e. The van der Waals surface area contributed by atoms with Gasteiger partial charge in [0.05, 0.1) is 6.42 Å². The molecule has 0 bridgehead atoms. The summed E-state index contributed by atoms with van der Waals surface area (Å²) in [5, 5.41) is 9.39. The van der Waals surface area contributed by atoms with E-state index in [0.29, 0.717) is 34.7 Å². The van der Waals surface area contributed by atoms with E-state index in [2.05, 4.69) is 20.4 Å². The van der Waals surface area contributed by atoms with Crippen LogP contribution in [0.15, 0.2) is 49.1 Å². The molecule has 1 atom stereocenters. The van der Waals surface area contributed by atoms with Crippen LogP contribution in [0, 0.1) is 11.7 Å². The van der Waals surface area contributed by atoms with Crippen LogP contribution in [0.5, 0.6) is 0 Å². The second-order valence-electron chi connectivity index (χ2n) is 8.13. The zero-order valence-electron chi connectivity index (χ0n) is 18.9. The number of allylic oxidation sites excluding steroid dienone is 1. The summed E-state index contributed by atoms with van der Waals surface area (Å²) in [7, 11) is 1.71. The number of carbonyl (C=O) groups is 3. The summed E-state index contributed by atoms with van der Waals surface area (Å²) < 4.78 is 13.7. The van der Waals surface area contributed by atoms with Crippen molar-refractivity contribution in [3.8, 4) is 11.1 Å². The Bertz CT molecular complexity index is 1010. The molecular formula is C26H30FNO4. The van der Waals surface area contributed by atoms with Crippen molar-refractivity contribution in [1.29, 1.82) is 0 Å². The second-order valence-corrected chi connectivity index (χ2v) is 8.13. The predicted molar refractivity (Wildman–Crippen MR) is 123 cm³/mol. The van der Waals surface area contributed by atoms with Crippen LogP contribution in [0.1, 0.15) is 59.4 Å². The van der Waals surface area contributed by atoms with E-state index < -0.39 is 17.6 Å². The molecule has 6 heteroatoms. The smallest absolute Gasteiger partial charge is 0.307 e. The molecule has 2 aromatic carbocycles. The van der Waals surface area contributed by atoms with Crippen LogP contribution in [0.3, 0.4) is 0 Å². The van der Waals surface area contributed by atoms with E-state index in [1.807, 2.05) is 0 Å².